The van der Waals surface area contributed by atoms with Crippen LogP contribution in [-0.2, 0) is 20.9 Å². The highest BCUT2D eigenvalue weighted by Crippen LogP contribution is 2.25. The van der Waals surface area contributed by atoms with Crippen LogP contribution in [0.1, 0.15) is 12.5 Å². The summed E-state index contributed by atoms with van der Waals surface area (Å²) in [6.45, 7) is 0.811. The normalized spacial score (nSPS) is 29.6. The number of amides is 1. The van der Waals surface area contributed by atoms with Gasteiger partial charge in [-0.3, -0.25) is 9.63 Å². The molecule has 1 fully saturated rings. The quantitative estimate of drug-likeness (QED) is 0.289. The molecule has 1 heterocycles. The maximum absolute atomic E-state index is 11.0. The molecule has 1 aliphatic heterocycles. The third kappa shape index (κ3) is 5.19. The minimum absolute atomic E-state index is 0.169. The van der Waals surface area contributed by atoms with Gasteiger partial charge in [-0.15, -0.1) is 0 Å². The summed E-state index contributed by atoms with van der Waals surface area (Å²) in [5.74, 6) is -0.298. The van der Waals surface area contributed by atoms with Crippen molar-refractivity contribution in [3.05, 3.63) is 35.9 Å². The Labute approximate surface area is 145 Å². The summed E-state index contributed by atoms with van der Waals surface area (Å²) in [4.78, 5) is 16.5. The number of aliphatic hydroxyl groups is 4. The van der Waals surface area contributed by atoms with E-state index < -0.39 is 37.3 Å². The Morgan fingerprint density at radius 2 is 1.88 bits per heavy atom. The molecule has 0 aliphatic carbocycles. The lowest BCUT2D eigenvalue weighted by Gasteiger charge is -2.43. The van der Waals surface area contributed by atoms with Crippen LogP contribution in [-0.4, -0.2) is 75.4 Å². The SMILES string of the molecule is CC(=O)NCON(Cc1ccccc1)[C@@H]1O[C@H](CO)[C@@H](O)[C@H](O)[C@H]1O. The van der Waals surface area contributed by atoms with Gasteiger partial charge in [-0.05, 0) is 5.56 Å². The van der Waals surface area contributed by atoms with E-state index >= 15 is 0 Å². The molecule has 0 unspecified atom stereocenters. The smallest absolute Gasteiger partial charge is 0.218 e. The van der Waals surface area contributed by atoms with Crippen molar-refractivity contribution in [2.45, 2.75) is 44.1 Å². The van der Waals surface area contributed by atoms with E-state index in [1.54, 1.807) is 0 Å². The van der Waals surface area contributed by atoms with Crippen LogP contribution in [0.3, 0.4) is 0 Å². The van der Waals surface area contributed by atoms with Gasteiger partial charge in [-0.1, -0.05) is 30.3 Å². The zero-order valence-corrected chi connectivity index (χ0v) is 13.9. The first-order valence-corrected chi connectivity index (χ1v) is 7.92. The first-order chi connectivity index (χ1) is 11.9. The number of rotatable bonds is 7. The van der Waals surface area contributed by atoms with Crippen molar-refractivity contribution >= 4 is 5.91 Å². The van der Waals surface area contributed by atoms with Gasteiger partial charge < -0.3 is 30.5 Å². The molecule has 0 radical (unpaired) electrons. The zero-order valence-electron chi connectivity index (χ0n) is 13.9. The Morgan fingerprint density at radius 1 is 1.20 bits per heavy atom. The van der Waals surface area contributed by atoms with E-state index in [4.69, 9.17) is 9.57 Å². The second-order valence-corrected chi connectivity index (χ2v) is 5.79. The number of aliphatic hydroxyl groups excluding tert-OH is 4. The van der Waals surface area contributed by atoms with Crippen LogP contribution in [0.5, 0.6) is 0 Å². The van der Waals surface area contributed by atoms with Gasteiger partial charge in [0.25, 0.3) is 0 Å². The number of hydrogen-bond donors (Lipinski definition) is 5. The molecule has 9 heteroatoms. The van der Waals surface area contributed by atoms with Gasteiger partial charge in [0.15, 0.2) is 6.23 Å². The lowest BCUT2D eigenvalue weighted by atomic mass is 9.98. The average Bonchev–Trinajstić information content (AvgIpc) is 2.60. The van der Waals surface area contributed by atoms with Crippen molar-refractivity contribution in [2.75, 3.05) is 13.3 Å². The molecule has 1 aromatic carbocycles. The van der Waals surface area contributed by atoms with Gasteiger partial charge in [0, 0.05) is 6.92 Å². The van der Waals surface area contributed by atoms with Crippen LogP contribution in [0.15, 0.2) is 30.3 Å². The number of carbonyl (C=O) groups is 1. The van der Waals surface area contributed by atoms with Gasteiger partial charge in [-0.2, -0.15) is 5.06 Å². The molecule has 9 nitrogen and oxygen atoms in total. The molecule has 1 saturated heterocycles. The van der Waals surface area contributed by atoms with Crippen molar-refractivity contribution in [2.24, 2.45) is 0 Å². The van der Waals surface area contributed by atoms with Crippen molar-refractivity contribution in [1.29, 1.82) is 0 Å². The summed E-state index contributed by atoms with van der Waals surface area (Å²) in [6, 6.07) is 9.17. The maximum atomic E-state index is 11.0. The number of ether oxygens (including phenoxy) is 1. The number of hydrogen-bond acceptors (Lipinski definition) is 8. The summed E-state index contributed by atoms with van der Waals surface area (Å²) in [7, 11) is 0. The molecule has 0 aromatic heterocycles. The topological polar surface area (TPSA) is 132 Å². The summed E-state index contributed by atoms with van der Waals surface area (Å²) in [5, 5.41) is 43.1. The monoisotopic (exact) mass is 356 g/mol. The molecule has 0 saturated carbocycles. The summed E-state index contributed by atoms with van der Waals surface area (Å²) >= 11 is 0. The van der Waals surface area contributed by atoms with Crippen molar-refractivity contribution in [3.63, 3.8) is 0 Å². The molecule has 1 aliphatic rings. The summed E-state index contributed by atoms with van der Waals surface area (Å²) in [6.07, 6.45) is -6.64. The number of carbonyl (C=O) groups excluding carboxylic acids is 1. The van der Waals surface area contributed by atoms with Gasteiger partial charge in [0.1, 0.15) is 31.1 Å². The summed E-state index contributed by atoms with van der Waals surface area (Å²) < 4.78 is 5.50. The highest BCUT2D eigenvalue weighted by molar-refractivity contribution is 5.72. The second-order valence-electron chi connectivity index (χ2n) is 5.79. The zero-order chi connectivity index (χ0) is 18.4. The van der Waals surface area contributed by atoms with Crippen LogP contribution >= 0.6 is 0 Å². The fourth-order valence-electron chi connectivity index (χ4n) is 2.51. The van der Waals surface area contributed by atoms with Gasteiger partial charge in [0.2, 0.25) is 5.91 Å². The molecular weight excluding hydrogens is 332 g/mol. The molecule has 1 aromatic rings. The van der Waals surface area contributed by atoms with Gasteiger partial charge >= 0.3 is 0 Å². The third-order valence-electron chi connectivity index (χ3n) is 3.88. The molecule has 25 heavy (non-hydrogen) atoms. The largest absolute Gasteiger partial charge is 0.394 e. The number of nitrogens with zero attached hydrogens (tertiary/aromatic N) is 1. The van der Waals surface area contributed by atoms with E-state index in [9.17, 15) is 25.2 Å². The summed E-state index contributed by atoms with van der Waals surface area (Å²) in [5.41, 5.74) is 0.835. The molecular formula is C16H24N2O7. The lowest BCUT2D eigenvalue weighted by Crippen LogP contribution is -2.63. The minimum Gasteiger partial charge on any atom is -0.394 e. The fourth-order valence-corrected chi connectivity index (χ4v) is 2.51. The Balaban J connectivity index is 2.15. The molecule has 140 valence electrons. The molecule has 0 spiro atoms. The number of nitrogens with one attached hydrogen (secondary N) is 1. The van der Waals surface area contributed by atoms with E-state index in [1.165, 1.54) is 12.0 Å². The molecule has 2 rings (SSSR count). The second kappa shape index (κ2) is 9.20. The highest BCUT2D eigenvalue weighted by Gasteiger charge is 2.46. The van der Waals surface area contributed by atoms with E-state index in [0.717, 1.165) is 5.56 Å². The first-order valence-electron chi connectivity index (χ1n) is 7.92. The predicted octanol–water partition coefficient (Wildman–Crippen LogP) is -1.69. The van der Waals surface area contributed by atoms with Crippen LogP contribution in [0.25, 0.3) is 0 Å². The van der Waals surface area contributed by atoms with Crippen LogP contribution in [0, 0.1) is 0 Å². The van der Waals surface area contributed by atoms with E-state index in [2.05, 4.69) is 5.32 Å². The Hall–Kier alpha value is -1.59. The van der Waals surface area contributed by atoms with Crippen molar-refractivity contribution in [1.82, 2.24) is 10.4 Å². The van der Waals surface area contributed by atoms with Crippen LogP contribution < -0.4 is 5.32 Å². The van der Waals surface area contributed by atoms with Gasteiger partial charge in [-0.25, -0.2) is 0 Å². The van der Waals surface area contributed by atoms with Gasteiger partial charge in [0.05, 0.1) is 13.2 Å². The van der Waals surface area contributed by atoms with Crippen molar-refractivity contribution in [3.8, 4) is 0 Å². The average molecular weight is 356 g/mol. The Bertz CT molecular complexity index is 543. The first kappa shape index (κ1) is 19.7. The van der Waals surface area contributed by atoms with E-state index in [-0.39, 0.29) is 19.2 Å². The third-order valence-corrected chi connectivity index (χ3v) is 3.88. The molecule has 5 atom stereocenters. The predicted molar refractivity (Wildman–Crippen MR) is 85.5 cm³/mol. The number of hydroxylamine groups is 2. The Kier molecular flexibility index (Phi) is 7.26. The molecule has 0 bridgehead atoms. The maximum Gasteiger partial charge on any atom is 0.218 e. The number of benzene rings is 1. The fraction of sp³-hybridized carbons (Fsp3) is 0.562. The highest BCUT2D eigenvalue weighted by atomic mass is 16.7. The van der Waals surface area contributed by atoms with Crippen LogP contribution in [0.2, 0.25) is 0 Å². The minimum atomic E-state index is -1.52. The lowest BCUT2D eigenvalue weighted by molar-refractivity contribution is -0.339. The standard InChI is InChI=1S/C16H24N2O7/c1-10(20)17-9-24-18(7-11-5-3-2-4-6-11)16-15(23)14(22)13(21)12(8-19)25-16/h2-6,12-16,19,21-23H,7-9H2,1H3,(H,17,20)/t12-,13-,14+,15-,16-/m1/s1. The van der Waals surface area contributed by atoms with E-state index in [0.29, 0.717) is 0 Å². The van der Waals surface area contributed by atoms with Crippen molar-refractivity contribution < 1.29 is 34.8 Å². The van der Waals surface area contributed by atoms with Crippen LogP contribution in [0.4, 0.5) is 0 Å². The van der Waals surface area contributed by atoms with E-state index in [1.807, 2.05) is 30.3 Å². The Morgan fingerprint density at radius 3 is 2.48 bits per heavy atom. The molecule has 1 amide bonds. The molecule has 5 N–H and O–H groups in total.